The van der Waals surface area contributed by atoms with Crippen LogP contribution in [0.25, 0.3) is 0 Å². The molecular formula is C51H84O6. The SMILES string of the molecule is CCC\C=C/C=C\C=C/C=C\C=C/CCCCCCCC(=O)OCC(COC(=O)CCC/C=C\CCCCCC)OC(=O)CCCCCCC/C=C\CCCCC. The maximum absolute atomic E-state index is 12.7. The summed E-state index contributed by atoms with van der Waals surface area (Å²) < 4.78 is 16.6. The molecule has 0 aliphatic carbocycles. The average molecular weight is 793 g/mol. The predicted molar refractivity (Wildman–Crippen MR) is 242 cm³/mol. The van der Waals surface area contributed by atoms with Crippen molar-refractivity contribution in [3.05, 3.63) is 85.1 Å². The molecule has 0 rings (SSSR count). The molecule has 6 heteroatoms. The molecule has 1 unspecified atom stereocenters. The Kier molecular flexibility index (Phi) is 42.6. The molecule has 0 fully saturated rings. The van der Waals surface area contributed by atoms with Gasteiger partial charge >= 0.3 is 17.9 Å². The summed E-state index contributed by atoms with van der Waals surface area (Å²) in [5.74, 6) is -0.979. The number of carbonyl (C=O) groups is 3. The van der Waals surface area contributed by atoms with Gasteiger partial charge in [0.15, 0.2) is 6.10 Å². The highest BCUT2D eigenvalue weighted by Gasteiger charge is 2.19. The van der Waals surface area contributed by atoms with E-state index in [2.05, 4.69) is 69.4 Å². The van der Waals surface area contributed by atoms with Gasteiger partial charge in [-0.3, -0.25) is 14.4 Å². The monoisotopic (exact) mass is 793 g/mol. The minimum Gasteiger partial charge on any atom is -0.462 e. The van der Waals surface area contributed by atoms with Gasteiger partial charge in [-0.05, 0) is 83.5 Å². The molecule has 0 aliphatic heterocycles. The molecule has 0 aromatic heterocycles. The Labute approximate surface area is 350 Å². The van der Waals surface area contributed by atoms with Crippen LogP contribution in [0, 0.1) is 0 Å². The molecule has 0 aromatic rings. The minimum atomic E-state index is -0.800. The van der Waals surface area contributed by atoms with Crippen molar-refractivity contribution in [1.29, 1.82) is 0 Å². The van der Waals surface area contributed by atoms with E-state index in [1.54, 1.807) is 0 Å². The van der Waals surface area contributed by atoms with Gasteiger partial charge in [-0.1, -0.05) is 183 Å². The van der Waals surface area contributed by atoms with Crippen molar-refractivity contribution in [3.63, 3.8) is 0 Å². The van der Waals surface area contributed by atoms with E-state index in [1.807, 2.05) is 36.5 Å². The second kappa shape index (κ2) is 45.3. The summed E-state index contributed by atoms with van der Waals surface area (Å²) in [7, 11) is 0. The molecule has 0 aromatic carbocycles. The molecule has 0 saturated heterocycles. The van der Waals surface area contributed by atoms with Crippen LogP contribution in [0.15, 0.2) is 85.1 Å². The van der Waals surface area contributed by atoms with E-state index < -0.39 is 6.10 Å². The van der Waals surface area contributed by atoms with Crippen LogP contribution in [0.2, 0.25) is 0 Å². The van der Waals surface area contributed by atoms with E-state index >= 15 is 0 Å². The molecule has 0 heterocycles. The number of ether oxygens (including phenoxy) is 3. The molecule has 0 aliphatic rings. The first kappa shape index (κ1) is 53.6. The Morgan fingerprint density at radius 1 is 0.351 bits per heavy atom. The summed E-state index contributed by atoms with van der Waals surface area (Å²) in [6.45, 7) is 6.41. The summed E-state index contributed by atoms with van der Waals surface area (Å²) in [6.07, 6.45) is 57.1. The predicted octanol–water partition coefficient (Wildman–Crippen LogP) is 14.9. The normalized spacial score (nSPS) is 12.8. The average Bonchev–Trinajstić information content (AvgIpc) is 3.21. The van der Waals surface area contributed by atoms with Gasteiger partial charge in [-0.15, -0.1) is 0 Å². The Balaban J connectivity index is 4.44. The van der Waals surface area contributed by atoms with Crippen LogP contribution in [0.5, 0.6) is 0 Å². The minimum absolute atomic E-state index is 0.103. The maximum Gasteiger partial charge on any atom is 0.306 e. The van der Waals surface area contributed by atoms with E-state index in [0.717, 1.165) is 89.9 Å². The van der Waals surface area contributed by atoms with Crippen LogP contribution in [0.3, 0.4) is 0 Å². The molecule has 0 saturated carbocycles. The van der Waals surface area contributed by atoms with Crippen LogP contribution >= 0.6 is 0 Å². The second-order valence-electron chi connectivity index (χ2n) is 15.1. The summed E-state index contributed by atoms with van der Waals surface area (Å²) in [5, 5.41) is 0. The molecule has 0 amide bonds. The van der Waals surface area contributed by atoms with Crippen LogP contribution < -0.4 is 0 Å². The van der Waals surface area contributed by atoms with Crippen molar-refractivity contribution < 1.29 is 28.6 Å². The van der Waals surface area contributed by atoms with Gasteiger partial charge in [0.2, 0.25) is 0 Å². The van der Waals surface area contributed by atoms with Crippen molar-refractivity contribution in [2.24, 2.45) is 0 Å². The fourth-order valence-corrected chi connectivity index (χ4v) is 5.94. The number of rotatable bonds is 40. The quantitative estimate of drug-likeness (QED) is 0.0202. The molecule has 0 spiro atoms. The lowest BCUT2D eigenvalue weighted by atomic mass is 10.1. The third-order valence-corrected chi connectivity index (χ3v) is 9.45. The highest BCUT2D eigenvalue weighted by atomic mass is 16.6. The van der Waals surface area contributed by atoms with Gasteiger partial charge < -0.3 is 14.2 Å². The summed E-state index contributed by atoms with van der Waals surface area (Å²) in [6, 6.07) is 0. The zero-order chi connectivity index (χ0) is 41.5. The topological polar surface area (TPSA) is 78.9 Å². The zero-order valence-corrected chi connectivity index (χ0v) is 36.8. The first-order chi connectivity index (χ1) is 28.0. The van der Waals surface area contributed by atoms with Gasteiger partial charge in [0, 0.05) is 19.3 Å². The number of allylic oxidation sites excluding steroid dienone is 14. The first-order valence-electron chi connectivity index (χ1n) is 23.2. The number of hydrogen-bond donors (Lipinski definition) is 0. The number of unbranched alkanes of at least 4 members (excludes halogenated alkanes) is 19. The van der Waals surface area contributed by atoms with Crippen LogP contribution in [-0.2, 0) is 28.6 Å². The summed E-state index contributed by atoms with van der Waals surface area (Å²) in [5.41, 5.74) is 0. The largest absolute Gasteiger partial charge is 0.462 e. The molecule has 324 valence electrons. The standard InChI is InChI=1S/C51H84O6/c1-4-7-10-13-16-19-21-23-24-25-26-27-28-30-32-35-38-41-44-50(53)56-47-48(46-55-49(52)43-40-37-34-31-18-15-12-9-6-3)57-51(54)45-42-39-36-33-29-22-20-17-14-11-8-5-2/h10,13,16-17,19-21,23-27,31,34,48H,4-9,11-12,14-15,18,22,28-30,32-33,35-47H2,1-3H3/b13-10-,19-16-,20-17-,23-21-,25-24-,27-26-,34-31-. The van der Waals surface area contributed by atoms with E-state index in [-0.39, 0.29) is 31.1 Å². The van der Waals surface area contributed by atoms with Crippen molar-refractivity contribution in [2.45, 2.75) is 207 Å². The smallest absolute Gasteiger partial charge is 0.306 e. The lowest BCUT2D eigenvalue weighted by molar-refractivity contribution is -0.167. The van der Waals surface area contributed by atoms with E-state index in [4.69, 9.17) is 14.2 Å². The van der Waals surface area contributed by atoms with Gasteiger partial charge in [-0.2, -0.15) is 0 Å². The lowest BCUT2D eigenvalue weighted by Crippen LogP contribution is -2.30. The molecule has 6 nitrogen and oxygen atoms in total. The summed E-state index contributed by atoms with van der Waals surface area (Å²) in [4.78, 5) is 37.7. The zero-order valence-electron chi connectivity index (χ0n) is 36.8. The van der Waals surface area contributed by atoms with Gasteiger partial charge in [0.25, 0.3) is 0 Å². The number of esters is 3. The van der Waals surface area contributed by atoms with Crippen molar-refractivity contribution >= 4 is 17.9 Å². The summed E-state index contributed by atoms with van der Waals surface area (Å²) >= 11 is 0. The van der Waals surface area contributed by atoms with Crippen LogP contribution in [0.4, 0.5) is 0 Å². The van der Waals surface area contributed by atoms with E-state index in [1.165, 1.54) is 64.2 Å². The molecular weight excluding hydrogens is 709 g/mol. The Morgan fingerprint density at radius 3 is 1.21 bits per heavy atom. The number of carbonyl (C=O) groups excluding carboxylic acids is 3. The highest BCUT2D eigenvalue weighted by Crippen LogP contribution is 2.12. The van der Waals surface area contributed by atoms with Crippen molar-refractivity contribution in [2.75, 3.05) is 13.2 Å². The molecule has 1 atom stereocenters. The lowest BCUT2D eigenvalue weighted by Gasteiger charge is -2.18. The fourth-order valence-electron chi connectivity index (χ4n) is 5.94. The molecule has 0 N–H and O–H groups in total. The Bertz CT molecular complexity index is 1140. The van der Waals surface area contributed by atoms with Gasteiger partial charge in [0.05, 0.1) is 0 Å². The first-order valence-corrected chi connectivity index (χ1v) is 23.2. The van der Waals surface area contributed by atoms with Gasteiger partial charge in [0.1, 0.15) is 13.2 Å². The Hall–Kier alpha value is -3.41. The van der Waals surface area contributed by atoms with Gasteiger partial charge in [-0.25, -0.2) is 0 Å². The van der Waals surface area contributed by atoms with Crippen molar-refractivity contribution in [3.8, 4) is 0 Å². The van der Waals surface area contributed by atoms with E-state index in [0.29, 0.717) is 25.7 Å². The molecule has 57 heavy (non-hydrogen) atoms. The molecule has 0 bridgehead atoms. The second-order valence-corrected chi connectivity index (χ2v) is 15.1. The highest BCUT2D eigenvalue weighted by molar-refractivity contribution is 5.71. The third kappa shape index (κ3) is 43.6. The maximum atomic E-state index is 12.7. The van der Waals surface area contributed by atoms with Crippen LogP contribution in [0.1, 0.15) is 201 Å². The van der Waals surface area contributed by atoms with Crippen molar-refractivity contribution in [1.82, 2.24) is 0 Å². The number of hydrogen-bond acceptors (Lipinski definition) is 6. The van der Waals surface area contributed by atoms with E-state index in [9.17, 15) is 14.4 Å². The molecule has 0 radical (unpaired) electrons. The Morgan fingerprint density at radius 2 is 0.702 bits per heavy atom. The third-order valence-electron chi connectivity index (χ3n) is 9.45. The fraction of sp³-hybridized carbons (Fsp3) is 0.667. The van der Waals surface area contributed by atoms with Crippen LogP contribution in [-0.4, -0.2) is 37.2 Å².